The Kier molecular flexibility index (Phi) is 7.05. The Labute approximate surface area is 126 Å². The van der Waals surface area contributed by atoms with Crippen LogP contribution >= 0.6 is 0 Å². The molecule has 2 N–H and O–H groups in total. The van der Waals surface area contributed by atoms with Crippen molar-refractivity contribution in [3.63, 3.8) is 0 Å². The SMILES string of the molecule is CC(=O)c1ccc(NC(=O)CN(CCCO)C(C)C)cc1. The van der Waals surface area contributed by atoms with Gasteiger partial charge in [-0.3, -0.25) is 14.5 Å². The van der Waals surface area contributed by atoms with Gasteiger partial charge >= 0.3 is 0 Å². The first kappa shape index (κ1) is 17.3. The fourth-order valence-corrected chi connectivity index (χ4v) is 1.97. The van der Waals surface area contributed by atoms with Crippen molar-refractivity contribution in [2.24, 2.45) is 0 Å². The standard InChI is InChI=1S/C16H24N2O3/c1-12(2)18(9-4-10-19)11-16(21)17-15-7-5-14(6-8-15)13(3)20/h5-8,12,19H,4,9-11H2,1-3H3,(H,17,21). The third-order valence-corrected chi connectivity index (χ3v) is 3.26. The van der Waals surface area contributed by atoms with Gasteiger partial charge in [-0.05, 0) is 51.5 Å². The molecule has 1 amide bonds. The Morgan fingerprint density at radius 3 is 2.33 bits per heavy atom. The number of ketones is 1. The number of Topliss-reactive ketones (excluding diaryl/α,β-unsaturated/α-hetero) is 1. The van der Waals surface area contributed by atoms with Gasteiger partial charge in [-0.1, -0.05) is 0 Å². The van der Waals surface area contributed by atoms with E-state index in [1.165, 1.54) is 6.92 Å². The summed E-state index contributed by atoms with van der Waals surface area (Å²) in [7, 11) is 0. The van der Waals surface area contributed by atoms with E-state index in [1.54, 1.807) is 24.3 Å². The molecule has 5 heteroatoms. The van der Waals surface area contributed by atoms with E-state index in [2.05, 4.69) is 5.32 Å². The highest BCUT2D eigenvalue weighted by Crippen LogP contribution is 2.10. The number of hydrogen-bond acceptors (Lipinski definition) is 4. The molecule has 0 saturated carbocycles. The molecule has 0 aliphatic carbocycles. The summed E-state index contributed by atoms with van der Waals surface area (Å²) in [4.78, 5) is 25.2. The lowest BCUT2D eigenvalue weighted by atomic mass is 10.1. The van der Waals surface area contributed by atoms with Gasteiger partial charge in [0.1, 0.15) is 0 Å². The summed E-state index contributed by atoms with van der Waals surface area (Å²) in [6, 6.07) is 7.08. The summed E-state index contributed by atoms with van der Waals surface area (Å²) < 4.78 is 0. The number of nitrogens with zero attached hydrogens (tertiary/aromatic N) is 1. The van der Waals surface area contributed by atoms with Crippen LogP contribution in [0.2, 0.25) is 0 Å². The third-order valence-electron chi connectivity index (χ3n) is 3.26. The zero-order valence-electron chi connectivity index (χ0n) is 12.9. The van der Waals surface area contributed by atoms with E-state index >= 15 is 0 Å². The first-order chi connectivity index (χ1) is 9.93. The average molecular weight is 292 g/mol. The molecular weight excluding hydrogens is 268 g/mol. The van der Waals surface area contributed by atoms with Gasteiger partial charge in [0.05, 0.1) is 6.54 Å². The minimum Gasteiger partial charge on any atom is -0.396 e. The van der Waals surface area contributed by atoms with Crippen LogP contribution in [0.4, 0.5) is 5.69 Å². The van der Waals surface area contributed by atoms with Crippen LogP contribution in [0.5, 0.6) is 0 Å². The Morgan fingerprint density at radius 2 is 1.86 bits per heavy atom. The molecule has 0 unspecified atom stereocenters. The first-order valence-electron chi connectivity index (χ1n) is 7.19. The van der Waals surface area contributed by atoms with Crippen molar-refractivity contribution in [3.8, 4) is 0 Å². The second-order valence-electron chi connectivity index (χ2n) is 5.32. The second kappa shape index (κ2) is 8.54. The van der Waals surface area contributed by atoms with E-state index in [4.69, 9.17) is 5.11 Å². The molecule has 0 saturated heterocycles. The molecule has 0 radical (unpaired) electrons. The van der Waals surface area contributed by atoms with Gasteiger partial charge in [0.2, 0.25) is 5.91 Å². The lowest BCUT2D eigenvalue weighted by Crippen LogP contribution is -2.38. The van der Waals surface area contributed by atoms with E-state index in [9.17, 15) is 9.59 Å². The average Bonchev–Trinajstić information content (AvgIpc) is 2.43. The van der Waals surface area contributed by atoms with E-state index in [1.807, 2.05) is 18.7 Å². The molecule has 1 aromatic carbocycles. The quantitative estimate of drug-likeness (QED) is 0.718. The highest BCUT2D eigenvalue weighted by Gasteiger charge is 2.13. The largest absolute Gasteiger partial charge is 0.396 e. The molecule has 0 aliphatic heterocycles. The van der Waals surface area contributed by atoms with Crippen LogP contribution in [-0.2, 0) is 4.79 Å². The minimum absolute atomic E-state index is 0.00265. The number of nitrogens with one attached hydrogen (secondary N) is 1. The zero-order chi connectivity index (χ0) is 15.8. The number of benzene rings is 1. The van der Waals surface area contributed by atoms with Crippen molar-refractivity contribution >= 4 is 17.4 Å². The number of carbonyl (C=O) groups excluding carboxylic acids is 2. The van der Waals surface area contributed by atoms with Gasteiger partial charge in [0.25, 0.3) is 0 Å². The van der Waals surface area contributed by atoms with Gasteiger partial charge < -0.3 is 10.4 Å². The van der Waals surface area contributed by atoms with Crippen molar-refractivity contribution in [1.82, 2.24) is 4.90 Å². The summed E-state index contributed by atoms with van der Waals surface area (Å²) >= 11 is 0. The number of aliphatic hydroxyl groups is 1. The number of carbonyl (C=O) groups is 2. The smallest absolute Gasteiger partial charge is 0.238 e. The fraction of sp³-hybridized carbons (Fsp3) is 0.500. The molecule has 116 valence electrons. The molecule has 1 rings (SSSR count). The molecule has 0 bridgehead atoms. The normalized spacial score (nSPS) is 11.0. The number of anilines is 1. The summed E-state index contributed by atoms with van der Waals surface area (Å²) in [6.45, 7) is 6.64. The van der Waals surface area contributed by atoms with Crippen molar-refractivity contribution in [1.29, 1.82) is 0 Å². The van der Waals surface area contributed by atoms with Crippen LogP contribution in [0, 0.1) is 0 Å². The number of aliphatic hydroxyl groups excluding tert-OH is 1. The van der Waals surface area contributed by atoms with Gasteiger partial charge in [-0.15, -0.1) is 0 Å². The maximum Gasteiger partial charge on any atom is 0.238 e. The van der Waals surface area contributed by atoms with Crippen LogP contribution in [-0.4, -0.2) is 47.4 Å². The van der Waals surface area contributed by atoms with Crippen molar-refractivity contribution in [2.75, 3.05) is 25.0 Å². The van der Waals surface area contributed by atoms with E-state index in [0.717, 1.165) is 0 Å². The van der Waals surface area contributed by atoms with Crippen LogP contribution in [0.1, 0.15) is 37.6 Å². The summed E-state index contributed by atoms with van der Waals surface area (Å²) in [5.41, 5.74) is 1.30. The molecule has 21 heavy (non-hydrogen) atoms. The van der Waals surface area contributed by atoms with Gasteiger partial charge in [0, 0.05) is 30.4 Å². The maximum absolute atomic E-state index is 12.0. The van der Waals surface area contributed by atoms with Gasteiger partial charge in [-0.2, -0.15) is 0 Å². The molecule has 5 nitrogen and oxygen atoms in total. The van der Waals surface area contributed by atoms with Crippen LogP contribution in [0.15, 0.2) is 24.3 Å². The maximum atomic E-state index is 12.0. The van der Waals surface area contributed by atoms with Crippen molar-refractivity contribution in [3.05, 3.63) is 29.8 Å². The van der Waals surface area contributed by atoms with E-state index in [0.29, 0.717) is 24.2 Å². The molecule has 1 aromatic rings. The topological polar surface area (TPSA) is 69.6 Å². The Hall–Kier alpha value is -1.72. The number of amides is 1. The zero-order valence-corrected chi connectivity index (χ0v) is 12.9. The molecule has 0 atom stereocenters. The van der Waals surface area contributed by atoms with Gasteiger partial charge in [0.15, 0.2) is 5.78 Å². The Morgan fingerprint density at radius 1 is 1.24 bits per heavy atom. The second-order valence-corrected chi connectivity index (χ2v) is 5.32. The molecule has 0 spiro atoms. The summed E-state index contributed by atoms with van der Waals surface area (Å²) in [5.74, 6) is -0.0972. The van der Waals surface area contributed by atoms with E-state index < -0.39 is 0 Å². The fourth-order valence-electron chi connectivity index (χ4n) is 1.97. The third kappa shape index (κ3) is 6.06. The predicted molar refractivity (Wildman–Crippen MR) is 83.5 cm³/mol. The monoisotopic (exact) mass is 292 g/mol. The predicted octanol–water partition coefficient (Wildman–Crippen LogP) is 1.92. The molecule has 0 fully saturated rings. The lowest BCUT2D eigenvalue weighted by molar-refractivity contribution is -0.117. The van der Waals surface area contributed by atoms with Crippen LogP contribution < -0.4 is 5.32 Å². The Balaban J connectivity index is 2.57. The minimum atomic E-state index is -0.0998. The lowest BCUT2D eigenvalue weighted by Gasteiger charge is -2.25. The van der Waals surface area contributed by atoms with Crippen LogP contribution in [0.25, 0.3) is 0 Å². The number of hydrogen-bond donors (Lipinski definition) is 2. The summed E-state index contributed by atoms with van der Waals surface area (Å²) in [5, 5.41) is 11.7. The van der Waals surface area contributed by atoms with Gasteiger partial charge in [-0.25, -0.2) is 0 Å². The highest BCUT2D eigenvalue weighted by molar-refractivity contribution is 5.96. The molecule has 0 aliphatic rings. The van der Waals surface area contributed by atoms with Crippen molar-refractivity contribution in [2.45, 2.75) is 33.2 Å². The first-order valence-corrected chi connectivity index (χ1v) is 7.19. The van der Waals surface area contributed by atoms with E-state index in [-0.39, 0.29) is 30.9 Å². The Bertz CT molecular complexity index is 469. The molecular formula is C16H24N2O3. The molecule has 0 aromatic heterocycles. The number of rotatable bonds is 8. The highest BCUT2D eigenvalue weighted by atomic mass is 16.3. The van der Waals surface area contributed by atoms with Crippen LogP contribution in [0.3, 0.4) is 0 Å². The van der Waals surface area contributed by atoms with Crippen molar-refractivity contribution < 1.29 is 14.7 Å². The summed E-state index contributed by atoms with van der Waals surface area (Å²) in [6.07, 6.45) is 0.652. The molecule has 0 heterocycles.